The Bertz CT molecular complexity index is 415. The molecule has 3 nitrogen and oxygen atoms in total. The summed E-state index contributed by atoms with van der Waals surface area (Å²) >= 11 is 0. The van der Waals surface area contributed by atoms with Gasteiger partial charge in [-0.2, -0.15) is 0 Å². The molecule has 0 fully saturated rings. The molecule has 0 heterocycles. The number of guanidine groups is 1. The van der Waals surface area contributed by atoms with Gasteiger partial charge in [-0.05, 0) is 12.0 Å². The lowest BCUT2D eigenvalue weighted by atomic mass is 9.85. The Morgan fingerprint density at radius 1 is 1.24 bits per heavy atom. The van der Waals surface area contributed by atoms with E-state index in [2.05, 4.69) is 73.4 Å². The lowest BCUT2D eigenvalue weighted by Crippen LogP contribution is -2.44. The fourth-order valence-electron chi connectivity index (χ4n) is 2.18. The van der Waals surface area contributed by atoms with Crippen LogP contribution in [0, 0.1) is 0 Å². The Hall–Kier alpha value is -0.780. The smallest absolute Gasteiger partial charge is 0.193 e. The molecular weight excluding hydrogens is 373 g/mol. The van der Waals surface area contributed by atoms with Crippen molar-refractivity contribution in [2.75, 3.05) is 27.2 Å². The summed E-state index contributed by atoms with van der Waals surface area (Å²) in [6.45, 7) is 8.65. The van der Waals surface area contributed by atoms with Gasteiger partial charge in [-0.15, -0.1) is 24.0 Å². The van der Waals surface area contributed by atoms with Gasteiger partial charge in [0.15, 0.2) is 5.96 Å². The van der Waals surface area contributed by atoms with Crippen LogP contribution in [-0.4, -0.2) is 38.0 Å². The van der Waals surface area contributed by atoms with Crippen molar-refractivity contribution >= 4 is 29.9 Å². The molecule has 0 unspecified atom stereocenters. The molecule has 0 amide bonds. The predicted octanol–water partition coefficient (Wildman–Crippen LogP) is 3.89. The second-order valence-corrected chi connectivity index (χ2v) is 5.93. The summed E-state index contributed by atoms with van der Waals surface area (Å²) in [5.74, 6) is 0.974. The third-order valence-electron chi connectivity index (χ3n) is 3.66. The molecule has 4 heteroatoms. The molecule has 0 saturated carbocycles. The largest absolute Gasteiger partial charge is 0.355 e. The van der Waals surface area contributed by atoms with Crippen LogP contribution in [0.4, 0.5) is 0 Å². The van der Waals surface area contributed by atoms with Crippen molar-refractivity contribution in [1.82, 2.24) is 10.2 Å². The Labute approximate surface area is 147 Å². The van der Waals surface area contributed by atoms with E-state index in [4.69, 9.17) is 0 Å². The van der Waals surface area contributed by atoms with Gasteiger partial charge in [0.05, 0.1) is 0 Å². The molecule has 0 atom stereocenters. The van der Waals surface area contributed by atoms with Crippen LogP contribution in [0.15, 0.2) is 35.3 Å². The zero-order valence-electron chi connectivity index (χ0n) is 14.0. The van der Waals surface area contributed by atoms with Crippen molar-refractivity contribution in [3.8, 4) is 0 Å². The van der Waals surface area contributed by atoms with Gasteiger partial charge in [0.25, 0.3) is 0 Å². The normalized spacial score (nSPS) is 11.8. The first kappa shape index (κ1) is 20.2. The summed E-state index contributed by atoms with van der Waals surface area (Å²) in [6, 6.07) is 10.6. The number of aliphatic imine (C=N–C) groups is 1. The van der Waals surface area contributed by atoms with E-state index < -0.39 is 0 Å². The third kappa shape index (κ3) is 6.68. The maximum atomic E-state index is 4.37. The van der Waals surface area contributed by atoms with Crippen LogP contribution < -0.4 is 5.32 Å². The van der Waals surface area contributed by atoms with Crippen LogP contribution >= 0.6 is 24.0 Å². The van der Waals surface area contributed by atoms with Crippen LogP contribution in [-0.2, 0) is 5.41 Å². The Balaban J connectivity index is 0.00000400. The SMILES string of the molecule is CCCCN(C)C(=NC)NCC(C)(C)c1ccccc1.I. The average molecular weight is 403 g/mol. The van der Waals surface area contributed by atoms with Gasteiger partial charge in [-0.1, -0.05) is 57.5 Å². The summed E-state index contributed by atoms with van der Waals surface area (Å²) in [6.07, 6.45) is 2.40. The molecule has 0 aromatic heterocycles. The molecule has 0 bridgehead atoms. The summed E-state index contributed by atoms with van der Waals surface area (Å²) in [4.78, 5) is 6.57. The Kier molecular flexibility index (Phi) is 9.66. The predicted molar refractivity (Wildman–Crippen MR) is 104 cm³/mol. The zero-order valence-corrected chi connectivity index (χ0v) is 16.3. The third-order valence-corrected chi connectivity index (χ3v) is 3.66. The summed E-state index contributed by atoms with van der Waals surface area (Å²) in [5.41, 5.74) is 1.43. The van der Waals surface area contributed by atoms with E-state index in [9.17, 15) is 0 Å². The number of hydrogen-bond acceptors (Lipinski definition) is 1. The van der Waals surface area contributed by atoms with E-state index in [0.717, 1.165) is 19.0 Å². The van der Waals surface area contributed by atoms with Crippen LogP contribution in [0.5, 0.6) is 0 Å². The highest BCUT2D eigenvalue weighted by Crippen LogP contribution is 2.21. The molecule has 0 spiro atoms. The average Bonchev–Trinajstić information content (AvgIpc) is 2.46. The number of benzene rings is 1. The molecule has 0 saturated heterocycles. The van der Waals surface area contributed by atoms with E-state index in [1.54, 1.807) is 0 Å². The van der Waals surface area contributed by atoms with E-state index in [0.29, 0.717) is 0 Å². The van der Waals surface area contributed by atoms with Gasteiger partial charge in [0, 0.05) is 32.6 Å². The van der Waals surface area contributed by atoms with Crippen LogP contribution in [0.25, 0.3) is 0 Å². The van der Waals surface area contributed by atoms with Crippen molar-refractivity contribution in [3.63, 3.8) is 0 Å². The van der Waals surface area contributed by atoms with Gasteiger partial charge in [-0.3, -0.25) is 4.99 Å². The number of nitrogens with one attached hydrogen (secondary N) is 1. The second kappa shape index (κ2) is 10.0. The molecular formula is C17H30IN3. The maximum absolute atomic E-state index is 4.37. The van der Waals surface area contributed by atoms with Gasteiger partial charge in [0.1, 0.15) is 0 Å². The van der Waals surface area contributed by atoms with Crippen molar-refractivity contribution in [2.45, 2.75) is 39.0 Å². The number of rotatable bonds is 6. The number of hydrogen-bond donors (Lipinski definition) is 1. The monoisotopic (exact) mass is 403 g/mol. The molecule has 0 aliphatic heterocycles. The van der Waals surface area contributed by atoms with Gasteiger partial charge in [0.2, 0.25) is 0 Å². The van der Waals surface area contributed by atoms with Crippen LogP contribution in [0.1, 0.15) is 39.2 Å². The van der Waals surface area contributed by atoms with Crippen molar-refractivity contribution in [2.24, 2.45) is 4.99 Å². The Morgan fingerprint density at radius 2 is 1.86 bits per heavy atom. The van der Waals surface area contributed by atoms with Crippen molar-refractivity contribution in [1.29, 1.82) is 0 Å². The minimum absolute atomic E-state index is 0. The number of nitrogens with zero attached hydrogens (tertiary/aromatic N) is 2. The molecule has 120 valence electrons. The van der Waals surface area contributed by atoms with E-state index in [-0.39, 0.29) is 29.4 Å². The highest BCUT2D eigenvalue weighted by atomic mass is 127. The minimum atomic E-state index is 0. The zero-order chi connectivity index (χ0) is 15.0. The molecule has 21 heavy (non-hydrogen) atoms. The molecule has 1 N–H and O–H groups in total. The van der Waals surface area contributed by atoms with Crippen molar-refractivity contribution < 1.29 is 0 Å². The van der Waals surface area contributed by atoms with E-state index in [1.807, 2.05) is 7.05 Å². The second-order valence-electron chi connectivity index (χ2n) is 5.93. The van der Waals surface area contributed by atoms with Gasteiger partial charge >= 0.3 is 0 Å². The van der Waals surface area contributed by atoms with Crippen LogP contribution in [0.2, 0.25) is 0 Å². The summed E-state index contributed by atoms with van der Waals surface area (Å²) < 4.78 is 0. The van der Waals surface area contributed by atoms with Gasteiger partial charge in [-0.25, -0.2) is 0 Å². The lowest BCUT2D eigenvalue weighted by molar-refractivity contribution is 0.443. The molecule has 0 radical (unpaired) electrons. The molecule has 0 aliphatic carbocycles. The van der Waals surface area contributed by atoms with E-state index >= 15 is 0 Å². The van der Waals surface area contributed by atoms with Crippen LogP contribution in [0.3, 0.4) is 0 Å². The summed E-state index contributed by atoms with van der Waals surface area (Å²) in [7, 11) is 3.95. The quantitative estimate of drug-likeness (QED) is 0.444. The summed E-state index contributed by atoms with van der Waals surface area (Å²) in [5, 5.41) is 3.49. The first-order valence-corrected chi connectivity index (χ1v) is 7.48. The maximum Gasteiger partial charge on any atom is 0.193 e. The fourth-order valence-corrected chi connectivity index (χ4v) is 2.18. The molecule has 1 aromatic carbocycles. The lowest BCUT2D eigenvalue weighted by Gasteiger charge is -2.29. The molecule has 0 aliphatic rings. The van der Waals surface area contributed by atoms with Crippen molar-refractivity contribution in [3.05, 3.63) is 35.9 Å². The number of unbranched alkanes of at least 4 members (excludes halogenated alkanes) is 1. The highest BCUT2D eigenvalue weighted by Gasteiger charge is 2.21. The highest BCUT2D eigenvalue weighted by molar-refractivity contribution is 14.0. The Morgan fingerprint density at radius 3 is 2.38 bits per heavy atom. The van der Waals surface area contributed by atoms with E-state index in [1.165, 1.54) is 18.4 Å². The number of halogens is 1. The molecule has 1 rings (SSSR count). The fraction of sp³-hybridized carbons (Fsp3) is 0.588. The first-order valence-electron chi connectivity index (χ1n) is 7.48. The standard InChI is InChI=1S/C17H29N3.HI/c1-6-7-13-20(5)16(18-4)19-14-17(2,3)15-11-9-8-10-12-15;/h8-12H,6-7,13-14H2,1-5H3,(H,18,19);1H. The van der Waals surface area contributed by atoms with Gasteiger partial charge < -0.3 is 10.2 Å². The first-order chi connectivity index (χ1) is 9.51. The molecule has 1 aromatic rings. The minimum Gasteiger partial charge on any atom is -0.355 e. The topological polar surface area (TPSA) is 27.6 Å².